The van der Waals surface area contributed by atoms with Gasteiger partial charge in [0.15, 0.2) is 0 Å². The summed E-state index contributed by atoms with van der Waals surface area (Å²) >= 11 is 0. The molecule has 0 unspecified atom stereocenters. The van der Waals surface area contributed by atoms with Gasteiger partial charge in [0.1, 0.15) is 0 Å². The first kappa shape index (κ1) is 21.1. The fourth-order valence-electron chi connectivity index (χ4n) is 5.87. The number of unbranched alkanes of at least 4 members (excludes halogenated alkanes) is 2. The Bertz CT molecular complexity index is 1780. The third-order valence-corrected chi connectivity index (χ3v) is 7.63. The number of fused-ring (bicyclic) bond motifs is 2. The van der Waals surface area contributed by atoms with Gasteiger partial charge in [-0.3, -0.25) is 0 Å². The molecule has 0 atom stereocenters. The van der Waals surface area contributed by atoms with Crippen LogP contribution in [-0.2, 0) is 6.42 Å². The van der Waals surface area contributed by atoms with E-state index in [4.69, 9.17) is 4.98 Å². The molecular formula is C34H28N2. The first-order chi connectivity index (χ1) is 17.9. The standard InChI is InChI=1S/C34H28N2/c1(7-22-35-34-28-12-3-5-14-30(28)36-31-15-6-4-13-29(31)34)2-9-23-16-17-26-19-18-24-10-8-11-25-20-21-27(23)33(26)32(24)25/h3-6,8,10-21H,1-2,7,9,22H2,(H,35,36). The number of nitrogens with one attached hydrogen (secondary N) is 1. The monoisotopic (exact) mass is 464 g/mol. The second-order valence-electron chi connectivity index (χ2n) is 9.84. The van der Waals surface area contributed by atoms with E-state index in [1.165, 1.54) is 67.2 Å². The molecule has 1 N–H and O–H groups in total. The van der Waals surface area contributed by atoms with Gasteiger partial charge in [-0.2, -0.15) is 0 Å². The smallest absolute Gasteiger partial charge is 0.0730 e. The summed E-state index contributed by atoms with van der Waals surface area (Å²) in [4.78, 5) is 4.84. The normalized spacial score (nSPS) is 11.9. The summed E-state index contributed by atoms with van der Waals surface area (Å²) in [6, 6.07) is 37.3. The number of aryl methyl sites for hydroxylation is 1. The van der Waals surface area contributed by atoms with Gasteiger partial charge in [0.25, 0.3) is 0 Å². The molecule has 0 aliphatic rings. The molecule has 0 amide bonds. The Hall–Kier alpha value is -4.17. The van der Waals surface area contributed by atoms with Crippen molar-refractivity contribution in [1.29, 1.82) is 0 Å². The van der Waals surface area contributed by atoms with Crippen LogP contribution < -0.4 is 5.32 Å². The second kappa shape index (κ2) is 8.80. The van der Waals surface area contributed by atoms with Crippen LogP contribution in [0, 0.1) is 0 Å². The Labute approximate surface area is 210 Å². The Balaban J connectivity index is 1.06. The van der Waals surface area contributed by atoms with Gasteiger partial charge in [0.05, 0.1) is 16.7 Å². The van der Waals surface area contributed by atoms with Crippen molar-refractivity contribution in [2.24, 2.45) is 0 Å². The van der Waals surface area contributed by atoms with E-state index < -0.39 is 0 Å². The zero-order valence-electron chi connectivity index (χ0n) is 20.3. The summed E-state index contributed by atoms with van der Waals surface area (Å²) in [6.07, 6.45) is 4.67. The topological polar surface area (TPSA) is 24.9 Å². The lowest BCUT2D eigenvalue weighted by molar-refractivity contribution is 0.700. The quantitative estimate of drug-likeness (QED) is 0.144. The number of hydrogen-bond acceptors (Lipinski definition) is 2. The van der Waals surface area contributed by atoms with Crippen LogP contribution >= 0.6 is 0 Å². The van der Waals surface area contributed by atoms with Crippen LogP contribution in [-0.4, -0.2) is 11.5 Å². The van der Waals surface area contributed by atoms with E-state index in [0.717, 1.165) is 30.4 Å². The van der Waals surface area contributed by atoms with Crippen LogP contribution in [0.2, 0.25) is 0 Å². The average Bonchev–Trinajstić information content (AvgIpc) is 2.93. The third kappa shape index (κ3) is 3.53. The lowest BCUT2D eigenvalue weighted by Crippen LogP contribution is -2.04. The van der Waals surface area contributed by atoms with Gasteiger partial charge in [-0.25, -0.2) is 4.98 Å². The van der Waals surface area contributed by atoms with Crippen LogP contribution in [0.15, 0.2) is 103 Å². The zero-order valence-corrected chi connectivity index (χ0v) is 20.3. The lowest BCUT2D eigenvalue weighted by atomic mass is 9.90. The molecule has 1 heterocycles. The van der Waals surface area contributed by atoms with Crippen molar-refractivity contribution < 1.29 is 0 Å². The highest BCUT2D eigenvalue weighted by Gasteiger charge is 2.11. The van der Waals surface area contributed by atoms with E-state index >= 15 is 0 Å². The zero-order chi connectivity index (χ0) is 23.9. The fraction of sp³-hybridized carbons (Fsp3) is 0.147. The number of nitrogens with zero attached hydrogens (tertiary/aromatic N) is 1. The summed E-state index contributed by atoms with van der Waals surface area (Å²) in [5.41, 5.74) is 4.78. The Kier molecular flexibility index (Phi) is 5.17. The van der Waals surface area contributed by atoms with Crippen molar-refractivity contribution in [3.8, 4) is 0 Å². The van der Waals surface area contributed by atoms with Crippen molar-refractivity contribution in [2.45, 2.75) is 25.7 Å². The maximum atomic E-state index is 4.84. The maximum Gasteiger partial charge on any atom is 0.0730 e. The summed E-state index contributed by atoms with van der Waals surface area (Å²) < 4.78 is 0. The van der Waals surface area contributed by atoms with E-state index in [1.54, 1.807) is 0 Å². The van der Waals surface area contributed by atoms with Gasteiger partial charge in [-0.1, -0.05) is 97.4 Å². The molecule has 0 saturated carbocycles. The molecule has 7 rings (SSSR count). The number of benzene rings is 6. The molecule has 2 heteroatoms. The molecule has 0 fully saturated rings. The molecule has 36 heavy (non-hydrogen) atoms. The van der Waals surface area contributed by atoms with Crippen LogP contribution in [0.5, 0.6) is 0 Å². The minimum Gasteiger partial charge on any atom is -0.384 e. The molecule has 7 aromatic rings. The molecule has 0 aliphatic carbocycles. The molecule has 174 valence electrons. The third-order valence-electron chi connectivity index (χ3n) is 7.63. The number of para-hydroxylation sites is 2. The molecule has 0 spiro atoms. The fourth-order valence-corrected chi connectivity index (χ4v) is 5.87. The molecule has 0 radical (unpaired) electrons. The summed E-state index contributed by atoms with van der Waals surface area (Å²) in [7, 11) is 0. The van der Waals surface area contributed by atoms with Crippen molar-refractivity contribution in [2.75, 3.05) is 11.9 Å². The highest BCUT2D eigenvalue weighted by molar-refractivity contribution is 6.23. The van der Waals surface area contributed by atoms with Gasteiger partial charge in [0, 0.05) is 17.3 Å². The molecule has 2 nitrogen and oxygen atoms in total. The molecule has 6 aromatic carbocycles. The summed E-state index contributed by atoms with van der Waals surface area (Å²) in [5, 5.41) is 14.4. The Morgan fingerprint density at radius 2 is 1.14 bits per heavy atom. The van der Waals surface area contributed by atoms with Gasteiger partial charge < -0.3 is 5.32 Å². The van der Waals surface area contributed by atoms with Crippen molar-refractivity contribution in [3.63, 3.8) is 0 Å². The number of pyridine rings is 1. The summed E-state index contributed by atoms with van der Waals surface area (Å²) in [6.45, 7) is 0.969. The van der Waals surface area contributed by atoms with E-state index in [-0.39, 0.29) is 0 Å². The van der Waals surface area contributed by atoms with Gasteiger partial charge >= 0.3 is 0 Å². The highest BCUT2D eigenvalue weighted by Crippen LogP contribution is 2.36. The van der Waals surface area contributed by atoms with Crippen LogP contribution in [0.3, 0.4) is 0 Å². The van der Waals surface area contributed by atoms with Crippen LogP contribution in [0.1, 0.15) is 24.8 Å². The first-order valence-electron chi connectivity index (χ1n) is 13.0. The number of aromatic nitrogens is 1. The van der Waals surface area contributed by atoms with E-state index in [0.29, 0.717) is 0 Å². The Morgan fingerprint density at radius 3 is 1.89 bits per heavy atom. The molecule has 0 bridgehead atoms. The first-order valence-corrected chi connectivity index (χ1v) is 13.0. The molecule has 1 aromatic heterocycles. The Morgan fingerprint density at radius 1 is 0.500 bits per heavy atom. The SMILES string of the molecule is c1cc2ccc3ccc(CCCCCNc4c5ccccc5nc5ccccc45)c4ccc(c1)c2c34. The average molecular weight is 465 g/mol. The van der Waals surface area contributed by atoms with Gasteiger partial charge in [-0.15, -0.1) is 0 Å². The minimum absolute atomic E-state index is 0.969. The lowest BCUT2D eigenvalue weighted by Gasteiger charge is -2.14. The number of hydrogen-bond donors (Lipinski definition) is 1. The van der Waals surface area contributed by atoms with E-state index in [9.17, 15) is 0 Å². The molecule has 0 aliphatic heterocycles. The van der Waals surface area contributed by atoms with Crippen LogP contribution in [0.4, 0.5) is 5.69 Å². The summed E-state index contributed by atoms with van der Waals surface area (Å²) in [5.74, 6) is 0. The largest absolute Gasteiger partial charge is 0.384 e. The van der Waals surface area contributed by atoms with Gasteiger partial charge in [0.2, 0.25) is 0 Å². The predicted octanol–water partition coefficient (Wildman–Crippen LogP) is 9.11. The van der Waals surface area contributed by atoms with Crippen LogP contribution in [0.25, 0.3) is 54.1 Å². The maximum absolute atomic E-state index is 4.84. The van der Waals surface area contributed by atoms with Crippen molar-refractivity contribution in [3.05, 3.63) is 109 Å². The van der Waals surface area contributed by atoms with Gasteiger partial charge in [-0.05, 0) is 69.3 Å². The van der Waals surface area contributed by atoms with Crippen molar-refractivity contribution in [1.82, 2.24) is 4.98 Å². The number of rotatable bonds is 7. The predicted molar refractivity (Wildman–Crippen MR) is 155 cm³/mol. The number of anilines is 1. The van der Waals surface area contributed by atoms with E-state index in [1.807, 2.05) is 0 Å². The van der Waals surface area contributed by atoms with Crippen molar-refractivity contribution >= 4 is 59.8 Å². The molecular weight excluding hydrogens is 436 g/mol. The second-order valence-corrected chi connectivity index (χ2v) is 9.84. The molecule has 0 saturated heterocycles. The minimum atomic E-state index is 0.969. The highest BCUT2D eigenvalue weighted by atomic mass is 14.9. The van der Waals surface area contributed by atoms with E-state index in [2.05, 4.69) is 108 Å².